The molecule has 0 aliphatic heterocycles. The SMILES string of the molecule is NCCCc1cccc(CO)c1O. The van der Waals surface area contributed by atoms with Gasteiger partial charge < -0.3 is 15.9 Å². The molecule has 0 heterocycles. The Hall–Kier alpha value is -1.06. The Morgan fingerprint density at radius 1 is 1.23 bits per heavy atom. The number of hydrogen-bond acceptors (Lipinski definition) is 3. The van der Waals surface area contributed by atoms with Crippen LogP contribution in [0.5, 0.6) is 5.75 Å². The molecule has 1 aromatic rings. The van der Waals surface area contributed by atoms with E-state index in [9.17, 15) is 5.11 Å². The van der Waals surface area contributed by atoms with Crippen molar-refractivity contribution >= 4 is 0 Å². The summed E-state index contributed by atoms with van der Waals surface area (Å²) in [6.45, 7) is 0.491. The average molecular weight is 181 g/mol. The molecule has 0 aliphatic carbocycles. The molecule has 0 unspecified atom stereocenters. The molecule has 0 aromatic heterocycles. The molecule has 0 bridgehead atoms. The lowest BCUT2D eigenvalue weighted by molar-refractivity contribution is 0.275. The number of aromatic hydroxyl groups is 1. The summed E-state index contributed by atoms with van der Waals surface area (Å²) in [5.74, 6) is 0.207. The van der Waals surface area contributed by atoms with Gasteiger partial charge in [-0.05, 0) is 24.9 Å². The second-order valence-corrected chi connectivity index (χ2v) is 2.98. The van der Waals surface area contributed by atoms with Gasteiger partial charge in [-0.2, -0.15) is 0 Å². The number of para-hydroxylation sites is 1. The molecule has 1 aromatic carbocycles. The highest BCUT2D eigenvalue weighted by molar-refractivity contribution is 5.39. The Labute approximate surface area is 77.8 Å². The number of aryl methyl sites for hydroxylation is 1. The van der Waals surface area contributed by atoms with E-state index in [1.54, 1.807) is 6.07 Å². The topological polar surface area (TPSA) is 66.5 Å². The van der Waals surface area contributed by atoms with Crippen molar-refractivity contribution in [3.8, 4) is 5.75 Å². The maximum absolute atomic E-state index is 9.61. The van der Waals surface area contributed by atoms with Crippen LogP contribution in [-0.4, -0.2) is 16.8 Å². The van der Waals surface area contributed by atoms with Gasteiger partial charge in [-0.15, -0.1) is 0 Å². The van der Waals surface area contributed by atoms with Gasteiger partial charge in [0, 0.05) is 5.56 Å². The van der Waals surface area contributed by atoms with Crippen molar-refractivity contribution in [1.29, 1.82) is 0 Å². The molecule has 0 spiro atoms. The van der Waals surface area contributed by atoms with E-state index in [0.717, 1.165) is 18.4 Å². The first-order valence-corrected chi connectivity index (χ1v) is 4.40. The van der Waals surface area contributed by atoms with Crippen LogP contribution in [0.3, 0.4) is 0 Å². The molecule has 0 aliphatic rings. The quantitative estimate of drug-likeness (QED) is 0.643. The Kier molecular flexibility index (Phi) is 3.73. The van der Waals surface area contributed by atoms with Gasteiger partial charge in [0.2, 0.25) is 0 Å². The Balaban J connectivity index is 2.81. The number of rotatable bonds is 4. The second-order valence-electron chi connectivity index (χ2n) is 2.98. The molecule has 0 fully saturated rings. The predicted octanol–water partition coefficient (Wildman–Crippen LogP) is 0.776. The van der Waals surface area contributed by atoms with Crippen molar-refractivity contribution in [3.05, 3.63) is 29.3 Å². The maximum atomic E-state index is 9.61. The van der Waals surface area contributed by atoms with E-state index < -0.39 is 0 Å². The van der Waals surface area contributed by atoms with Gasteiger partial charge in [0.05, 0.1) is 6.61 Å². The van der Waals surface area contributed by atoms with E-state index in [-0.39, 0.29) is 12.4 Å². The summed E-state index contributed by atoms with van der Waals surface area (Å²) in [5.41, 5.74) is 6.80. The van der Waals surface area contributed by atoms with Crippen molar-refractivity contribution in [1.82, 2.24) is 0 Å². The Morgan fingerprint density at radius 2 is 1.92 bits per heavy atom. The largest absolute Gasteiger partial charge is 0.507 e. The van der Waals surface area contributed by atoms with E-state index in [0.29, 0.717) is 12.1 Å². The van der Waals surface area contributed by atoms with Crippen LogP contribution in [0.2, 0.25) is 0 Å². The van der Waals surface area contributed by atoms with Gasteiger partial charge in [0.1, 0.15) is 5.75 Å². The second kappa shape index (κ2) is 4.84. The van der Waals surface area contributed by atoms with Crippen LogP contribution in [0.1, 0.15) is 17.5 Å². The van der Waals surface area contributed by atoms with Gasteiger partial charge in [0.15, 0.2) is 0 Å². The summed E-state index contributed by atoms with van der Waals surface area (Å²) in [6.07, 6.45) is 1.61. The van der Waals surface area contributed by atoms with E-state index in [1.165, 1.54) is 0 Å². The minimum absolute atomic E-state index is 0.123. The van der Waals surface area contributed by atoms with E-state index in [4.69, 9.17) is 10.8 Å². The van der Waals surface area contributed by atoms with Crippen molar-refractivity contribution in [2.75, 3.05) is 6.54 Å². The van der Waals surface area contributed by atoms with E-state index in [1.807, 2.05) is 12.1 Å². The zero-order chi connectivity index (χ0) is 9.68. The fourth-order valence-corrected chi connectivity index (χ4v) is 1.27. The lowest BCUT2D eigenvalue weighted by atomic mass is 10.0. The zero-order valence-corrected chi connectivity index (χ0v) is 7.53. The third kappa shape index (κ3) is 2.44. The molecule has 1 rings (SSSR count). The molecule has 4 N–H and O–H groups in total. The monoisotopic (exact) mass is 181 g/mol. The summed E-state index contributed by atoms with van der Waals surface area (Å²) < 4.78 is 0. The van der Waals surface area contributed by atoms with Crippen LogP contribution in [0.15, 0.2) is 18.2 Å². The maximum Gasteiger partial charge on any atom is 0.124 e. The highest BCUT2D eigenvalue weighted by atomic mass is 16.3. The summed E-state index contributed by atoms with van der Waals surface area (Å²) in [7, 11) is 0. The minimum atomic E-state index is -0.123. The van der Waals surface area contributed by atoms with Crippen LogP contribution in [0.4, 0.5) is 0 Å². The summed E-state index contributed by atoms with van der Waals surface area (Å²) in [6, 6.07) is 5.39. The summed E-state index contributed by atoms with van der Waals surface area (Å²) in [5, 5.41) is 18.5. The first-order chi connectivity index (χ1) is 6.29. The van der Waals surface area contributed by atoms with Crippen molar-refractivity contribution in [2.45, 2.75) is 19.4 Å². The molecular weight excluding hydrogens is 166 g/mol. The van der Waals surface area contributed by atoms with Crippen LogP contribution in [-0.2, 0) is 13.0 Å². The number of phenols is 1. The minimum Gasteiger partial charge on any atom is -0.507 e. The number of benzene rings is 1. The highest BCUT2D eigenvalue weighted by Gasteiger charge is 2.04. The summed E-state index contributed by atoms with van der Waals surface area (Å²) >= 11 is 0. The fraction of sp³-hybridized carbons (Fsp3) is 0.400. The van der Waals surface area contributed by atoms with E-state index in [2.05, 4.69) is 0 Å². The molecule has 0 radical (unpaired) electrons. The van der Waals surface area contributed by atoms with Crippen LogP contribution >= 0.6 is 0 Å². The lowest BCUT2D eigenvalue weighted by Gasteiger charge is -2.06. The van der Waals surface area contributed by atoms with Gasteiger partial charge in [-0.1, -0.05) is 18.2 Å². The molecule has 72 valence electrons. The fourth-order valence-electron chi connectivity index (χ4n) is 1.27. The van der Waals surface area contributed by atoms with E-state index >= 15 is 0 Å². The zero-order valence-electron chi connectivity index (χ0n) is 7.53. The van der Waals surface area contributed by atoms with Crippen molar-refractivity contribution < 1.29 is 10.2 Å². The van der Waals surface area contributed by atoms with Crippen molar-refractivity contribution in [3.63, 3.8) is 0 Å². The molecule has 0 amide bonds. The van der Waals surface area contributed by atoms with Crippen LogP contribution < -0.4 is 5.73 Å². The molecule has 3 heteroatoms. The predicted molar refractivity (Wildman–Crippen MR) is 51.4 cm³/mol. The highest BCUT2D eigenvalue weighted by Crippen LogP contribution is 2.23. The summed E-state index contributed by atoms with van der Waals surface area (Å²) in [4.78, 5) is 0. The number of aliphatic hydroxyl groups excluding tert-OH is 1. The standard InChI is InChI=1S/C10H15NO2/c11-6-2-5-8-3-1-4-9(7-12)10(8)13/h1,3-4,12-13H,2,5-7,11H2. The van der Waals surface area contributed by atoms with Gasteiger partial charge in [-0.25, -0.2) is 0 Å². The van der Waals surface area contributed by atoms with Crippen molar-refractivity contribution in [2.24, 2.45) is 5.73 Å². The smallest absolute Gasteiger partial charge is 0.124 e. The Bertz CT molecular complexity index is 274. The molecule has 13 heavy (non-hydrogen) atoms. The number of nitrogens with two attached hydrogens (primary N) is 1. The third-order valence-corrected chi connectivity index (χ3v) is 2.02. The first kappa shape index (κ1) is 10.0. The van der Waals surface area contributed by atoms with Crippen LogP contribution in [0, 0.1) is 0 Å². The number of aliphatic hydroxyl groups is 1. The third-order valence-electron chi connectivity index (χ3n) is 2.02. The normalized spacial score (nSPS) is 10.3. The number of hydrogen-bond donors (Lipinski definition) is 3. The van der Waals surface area contributed by atoms with Crippen LogP contribution in [0.25, 0.3) is 0 Å². The van der Waals surface area contributed by atoms with Gasteiger partial charge in [-0.3, -0.25) is 0 Å². The molecule has 0 saturated heterocycles. The van der Waals surface area contributed by atoms with Gasteiger partial charge >= 0.3 is 0 Å². The molecule has 0 saturated carbocycles. The average Bonchev–Trinajstić information content (AvgIpc) is 2.16. The molecule has 3 nitrogen and oxygen atoms in total. The molecular formula is C10H15NO2. The molecule has 0 atom stereocenters. The van der Waals surface area contributed by atoms with Gasteiger partial charge in [0.25, 0.3) is 0 Å². The lowest BCUT2D eigenvalue weighted by Crippen LogP contribution is -2.01. The first-order valence-electron chi connectivity index (χ1n) is 4.40. The Morgan fingerprint density at radius 3 is 2.54 bits per heavy atom.